The van der Waals surface area contributed by atoms with E-state index in [-0.39, 0.29) is 19.1 Å². The Morgan fingerprint density at radius 1 is 1.35 bits per heavy atom. The molecule has 0 aliphatic rings. The lowest BCUT2D eigenvalue weighted by molar-refractivity contribution is 0.0701. The average Bonchev–Trinajstić information content (AvgIpc) is 3.26. The van der Waals surface area contributed by atoms with E-state index < -0.39 is 0 Å². The van der Waals surface area contributed by atoms with Crippen molar-refractivity contribution in [2.24, 2.45) is 0 Å². The zero-order valence-corrected chi connectivity index (χ0v) is 13.2. The molecule has 0 fully saturated rings. The molecular weight excluding hydrogens is 312 g/mol. The van der Waals surface area contributed by atoms with Crippen LogP contribution in [0.25, 0.3) is 10.6 Å². The van der Waals surface area contributed by atoms with E-state index in [1.807, 2.05) is 29.6 Å². The predicted molar refractivity (Wildman–Crippen MR) is 88.0 cm³/mol. The maximum atomic E-state index is 12.6. The Kier molecular flexibility index (Phi) is 4.80. The Morgan fingerprint density at radius 2 is 2.26 bits per heavy atom. The lowest BCUT2D eigenvalue weighted by Crippen LogP contribution is -2.33. The molecule has 118 valence electrons. The fraction of sp³-hybridized carbons (Fsp3) is 0.188. The number of thiophene rings is 1. The van der Waals surface area contributed by atoms with E-state index in [1.165, 1.54) is 0 Å². The minimum absolute atomic E-state index is 0.103. The Labute approximate surface area is 137 Å². The molecule has 3 aromatic rings. The zero-order chi connectivity index (χ0) is 16.1. The van der Waals surface area contributed by atoms with Crippen LogP contribution >= 0.6 is 11.3 Å². The summed E-state index contributed by atoms with van der Waals surface area (Å²) in [4.78, 5) is 19.3. The van der Waals surface area contributed by atoms with E-state index in [2.05, 4.69) is 15.2 Å². The fourth-order valence-electron chi connectivity index (χ4n) is 2.24. The molecule has 23 heavy (non-hydrogen) atoms. The van der Waals surface area contributed by atoms with Gasteiger partial charge in [-0.15, -0.1) is 11.3 Å². The van der Waals surface area contributed by atoms with Crippen molar-refractivity contribution in [3.8, 4) is 10.6 Å². The monoisotopic (exact) mass is 328 g/mol. The van der Waals surface area contributed by atoms with Gasteiger partial charge < -0.3 is 10.0 Å². The first kappa shape index (κ1) is 15.4. The SMILES string of the molecule is O=C(c1cc(-c2cccs2)[nH]n1)N(CCO)Cc1cccnc1. The number of H-pyrrole nitrogens is 1. The minimum atomic E-state index is -0.220. The number of nitrogens with one attached hydrogen (secondary N) is 1. The highest BCUT2D eigenvalue weighted by molar-refractivity contribution is 7.13. The van der Waals surface area contributed by atoms with Gasteiger partial charge >= 0.3 is 0 Å². The molecule has 0 saturated carbocycles. The Bertz CT molecular complexity index is 756. The summed E-state index contributed by atoms with van der Waals surface area (Å²) in [7, 11) is 0. The molecule has 3 rings (SSSR count). The van der Waals surface area contributed by atoms with Crippen molar-refractivity contribution in [2.45, 2.75) is 6.54 Å². The van der Waals surface area contributed by atoms with Crippen molar-refractivity contribution in [1.29, 1.82) is 0 Å². The smallest absolute Gasteiger partial charge is 0.274 e. The van der Waals surface area contributed by atoms with E-state index >= 15 is 0 Å². The van der Waals surface area contributed by atoms with Gasteiger partial charge in [0.1, 0.15) is 0 Å². The third kappa shape index (κ3) is 3.64. The number of aliphatic hydroxyl groups is 1. The Balaban J connectivity index is 1.78. The molecule has 1 amide bonds. The number of nitrogens with zero attached hydrogens (tertiary/aromatic N) is 3. The highest BCUT2D eigenvalue weighted by Crippen LogP contribution is 2.23. The van der Waals surface area contributed by atoms with Crippen LogP contribution in [-0.2, 0) is 6.54 Å². The molecule has 0 spiro atoms. The van der Waals surface area contributed by atoms with Gasteiger partial charge in [0.15, 0.2) is 5.69 Å². The highest BCUT2D eigenvalue weighted by atomic mass is 32.1. The number of aromatic nitrogens is 3. The summed E-state index contributed by atoms with van der Waals surface area (Å²) in [5.41, 5.74) is 2.06. The molecule has 3 heterocycles. The standard InChI is InChI=1S/C16H16N4O2S/c21-7-6-20(11-12-3-1-5-17-10-12)16(22)14-9-13(18-19-14)15-4-2-8-23-15/h1-5,8-10,21H,6-7,11H2,(H,18,19). The number of rotatable bonds is 6. The van der Waals surface area contributed by atoms with E-state index in [0.717, 1.165) is 16.1 Å². The van der Waals surface area contributed by atoms with Gasteiger partial charge in [-0.25, -0.2) is 0 Å². The summed E-state index contributed by atoms with van der Waals surface area (Å²) in [6.45, 7) is 0.525. The molecule has 0 bridgehead atoms. The topological polar surface area (TPSA) is 82.1 Å². The maximum Gasteiger partial charge on any atom is 0.274 e. The highest BCUT2D eigenvalue weighted by Gasteiger charge is 2.19. The number of aromatic amines is 1. The first-order valence-corrected chi connectivity index (χ1v) is 8.04. The van der Waals surface area contributed by atoms with Gasteiger partial charge in [0, 0.05) is 25.5 Å². The minimum Gasteiger partial charge on any atom is -0.395 e. The third-order valence-corrected chi connectivity index (χ3v) is 4.24. The summed E-state index contributed by atoms with van der Waals surface area (Å²) in [6, 6.07) is 9.37. The molecule has 0 unspecified atom stereocenters. The molecular formula is C16H16N4O2S. The van der Waals surface area contributed by atoms with Crippen LogP contribution in [-0.4, -0.2) is 44.2 Å². The van der Waals surface area contributed by atoms with Crippen LogP contribution < -0.4 is 0 Å². The van der Waals surface area contributed by atoms with Crippen LogP contribution in [0.3, 0.4) is 0 Å². The summed E-state index contributed by atoms with van der Waals surface area (Å²) in [5.74, 6) is -0.220. The normalized spacial score (nSPS) is 10.7. The number of hydrogen-bond donors (Lipinski definition) is 2. The number of carbonyl (C=O) groups is 1. The number of amides is 1. The van der Waals surface area contributed by atoms with Crippen LogP contribution in [0.5, 0.6) is 0 Å². The molecule has 0 atom stereocenters. The van der Waals surface area contributed by atoms with Crippen LogP contribution in [0.4, 0.5) is 0 Å². The molecule has 0 aliphatic carbocycles. The van der Waals surface area contributed by atoms with Gasteiger partial charge in [-0.1, -0.05) is 12.1 Å². The first-order chi connectivity index (χ1) is 11.3. The first-order valence-electron chi connectivity index (χ1n) is 7.16. The van der Waals surface area contributed by atoms with E-state index in [0.29, 0.717) is 12.2 Å². The Hall–Kier alpha value is -2.51. The van der Waals surface area contributed by atoms with Gasteiger partial charge in [0.25, 0.3) is 5.91 Å². The summed E-state index contributed by atoms with van der Waals surface area (Å²) < 4.78 is 0. The lowest BCUT2D eigenvalue weighted by atomic mass is 10.2. The average molecular weight is 328 g/mol. The number of pyridine rings is 1. The number of aliphatic hydroxyl groups excluding tert-OH is 1. The fourth-order valence-corrected chi connectivity index (χ4v) is 2.93. The molecule has 7 heteroatoms. The lowest BCUT2D eigenvalue weighted by Gasteiger charge is -2.20. The zero-order valence-electron chi connectivity index (χ0n) is 12.3. The maximum absolute atomic E-state index is 12.6. The second-order valence-electron chi connectivity index (χ2n) is 4.96. The van der Waals surface area contributed by atoms with Gasteiger partial charge in [-0.2, -0.15) is 5.10 Å². The van der Waals surface area contributed by atoms with Crippen LogP contribution in [0.15, 0.2) is 48.1 Å². The van der Waals surface area contributed by atoms with Crippen LogP contribution in [0.2, 0.25) is 0 Å². The molecule has 0 aromatic carbocycles. The summed E-state index contributed by atoms with van der Waals surface area (Å²) in [5, 5.41) is 18.2. The van der Waals surface area contributed by atoms with E-state index in [1.54, 1.807) is 34.7 Å². The van der Waals surface area contributed by atoms with E-state index in [9.17, 15) is 9.90 Å². The largest absolute Gasteiger partial charge is 0.395 e. The van der Waals surface area contributed by atoms with Crippen molar-refractivity contribution >= 4 is 17.2 Å². The Morgan fingerprint density at radius 3 is 2.96 bits per heavy atom. The third-order valence-electron chi connectivity index (χ3n) is 3.34. The van der Waals surface area contributed by atoms with Gasteiger partial charge in [0.05, 0.1) is 17.2 Å². The second kappa shape index (κ2) is 7.17. The van der Waals surface area contributed by atoms with Crippen molar-refractivity contribution < 1.29 is 9.90 Å². The molecule has 2 N–H and O–H groups in total. The predicted octanol–water partition coefficient (Wildman–Crippen LogP) is 2.17. The van der Waals surface area contributed by atoms with Crippen LogP contribution in [0.1, 0.15) is 16.1 Å². The van der Waals surface area contributed by atoms with Crippen molar-refractivity contribution in [3.63, 3.8) is 0 Å². The molecule has 6 nitrogen and oxygen atoms in total. The van der Waals surface area contributed by atoms with Crippen molar-refractivity contribution in [1.82, 2.24) is 20.1 Å². The van der Waals surface area contributed by atoms with Crippen molar-refractivity contribution in [2.75, 3.05) is 13.2 Å². The molecule has 0 aliphatic heterocycles. The summed E-state index contributed by atoms with van der Waals surface area (Å²) in [6.07, 6.45) is 3.39. The summed E-state index contributed by atoms with van der Waals surface area (Å²) >= 11 is 1.58. The number of hydrogen-bond acceptors (Lipinski definition) is 5. The molecule has 0 saturated heterocycles. The number of carbonyl (C=O) groups excluding carboxylic acids is 1. The van der Waals surface area contributed by atoms with Gasteiger partial charge in [-0.3, -0.25) is 14.9 Å². The second-order valence-corrected chi connectivity index (χ2v) is 5.90. The van der Waals surface area contributed by atoms with Crippen molar-refractivity contribution in [3.05, 3.63) is 59.4 Å². The van der Waals surface area contributed by atoms with Gasteiger partial charge in [-0.05, 0) is 29.1 Å². The molecule has 3 aromatic heterocycles. The van der Waals surface area contributed by atoms with Gasteiger partial charge in [0.2, 0.25) is 0 Å². The van der Waals surface area contributed by atoms with Crippen LogP contribution in [0, 0.1) is 0 Å². The van der Waals surface area contributed by atoms with E-state index in [4.69, 9.17) is 0 Å². The quantitative estimate of drug-likeness (QED) is 0.726. The molecule has 0 radical (unpaired) electrons.